The number of carboxylic acid groups (broad SMARTS) is 1. The van der Waals surface area contributed by atoms with Gasteiger partial charge in [-0.3, -0.25) is 4.79 Å². The van der Waals surface area contributed by atoms with Crippen LogP contribution in [0.1, 0.15) is 42.1 Å². The summed E-state index contributed by atoms with van der Waals surface area (Å²) in [6, 6.07) is 4.76. The maximum Gasteiger partial charge on any atom is 0.335 e. The minimum Gasteiger partial charge on any atom is -0.478 e. The van der Waals surface area contributed by atoms with Crippen molar-refractivity contribution in [1.29, 1.82) is 0 Å². The van der Waals surface area contributed by atoms with E-state index < -0.39 is 5.97 Å². The molecule has 2 N–H and O–H groups in total. The standard InChI is InChI=1S/C14H17NO3/c1-9-4-5-10(12(16)17)8-11(9)15-13(18)14(2)6-3-7-14/h4-5,8H,3,6-7H2,1-2H3,(H,15,18)(H,16,17). The highest BCUT2D eigenvalue weighted by Gasteiger charge is 2.39. The third-order valence-electron chi connectivity index (χ3n) is 3.74. The van der Waals surface area contributed by atoms with Crippen molar-refractivity contribution in [1.82, 2.24) is 0 Å². The molecule has 1 aromatic rings. The predicted octanol–water partition coefficient (Wildman–Crippen LogP) is 2.82. The van der Waals surface area contributed by atoms with Crippen LogP contribution in [0.4, 0.5) is 5.69 Å². The van der Waals surface area contributed by atoms with E-state index in [4.69, 9.17) is 5.11 Å². The number of aryl methyl sites for hydroxylation is 1. The Morgan fingerprint density at radius 2 is 2.00 bits per heavy atom. The van der Waals surface area contributed by atoms with E-state index in [2.05, 4.69) is 5.32 Å². The van der Waals surface area contributed by atoms with Crippen molar-refractivity contribution in [2.45, 2.75) is 33.1 Å². The van der Waals surface area contributed by atoms with E-state index in [9.17, 15) is 9.59 Å². The van der Waals surface area contributed by atoms with Gasteiger partial charge >= 0.3 is 5.97 Å². The van der Waals surface area contributed by atoms with Gasteiger partial charge in [0.2, 0.25) is 5.91 Å². The number of carboxylic acids is 1. The van der Waals surface area contributed by atoms with Gasteiger partial charge in [0.15, 0.2) is 0 Å². The molecule has 1 fully saturated rings. The number of hydrogen-bond donors (Lipinski definition) is 2. The normalized spacial score (nSPS) is 16.8. The monoisotopic (exact) mass is 247 g/mol. The molecule has 0 bridgehead atoms. The van der Waals surface area contributed by atoms with E-state index in [0.717, 1.165) is 24.8 Å². The summed E-state index contributed by atoms with van der Waals surface area (Å²) in [4.78, 5) is 23.0. The van der Waals surface area contributed by atoms with Crippen LogP contribution < -0.4 is 5.32 Å². The van der Waals surface area contributed by atoms with Crippen LogP contribution in [0.3, 0.4) is 0 Å². The predicted molar refractivity (Wildman–Crippen MR) is 68.7 cm³/mol. The quantitative estimate of drug-likeness (QED) is 0.863. The first-order valence-electron chi connectivity index (χ1n) is 6.08. The Balaban J connectivity index is 2.20. The summed E-state index contributed by atoms with van der Waals surface area (Å²) in [5.41, 5.74) is 1.37. The number of carbonyl (C=O) groups excluding carboxylic acids is 1. The Labute approximate surface area is 106 Å². The third-order valence-corrected chi connectivity index (χ3v) is 3.74. The lowest BCUT2D eigenvalue weighted by molar-refractivity contribution is -0.128. The second kappa shape index (κ2) is 4.44. The van der Waals surface area contributed by atoms with Gasteiger partial charge in [-0.25, -0.2) is 4.79 Å². The number of aromatic carboxylic acids is 1. The number of hydrogen-bond acceptors (Lipinski definition) is 2. The minimum absolute atomic E-state index is 0.0145. The van der Waals surface area contributed by atoms with Crippen molar-refractivity contribution >= 4 is 17.6 Å². The second-order valence-corrected chi connectivity index (χ2v) is 5.20. The molecular formula is C14H17NO3. The van der Waals surface area contributed by atoms with E-state index in [1.807, 2.05) is 13.8 Å². The molecule has 0 spiro atoms. The van der Waals surface area contributed by atoms with Gasteiger partial charge in [-0.1, -0.05) is 19.4 Å². The first-order valence-corrected chi connectivity index (χ1v) is 6.08. The molecule has 96 valence electrons. The second-order valence-electron chi connectivity index (χ2n) is 5.20. The number of carbonyl (C=O) groups is 2. The number of benzene rings is 1. The molecule has 4 heteroatoms. The Morgan fingerprint density at radius 3 is 2.50 bits per heavy atom. The average Bonchev–Trinajstić information content (AvgIpc) is 2.28. The number of amides is 1. The fourth-order valence-corrected chi connectivity index (χ4v) is 2.10. The lowest BCUT2D eigenvalue weighted by Crippen LogP contribution is -2.39. The summed E-state index contributed by atoms with van der Waals surface area (Å²) in [5, 5.41) is 11.8. The van der Waals surface area contributed by atoms with E-state index in [0.29, 0.717) is 5.69 Å². The number of rotatable bonds is 3. The van der Waals surface area contributed by atoms with Crippen LogP contribution in [0.15, 0.2) is 18.2 Å². The Hall–Kier alpha value is -1.84. The van der Waals surface area contributed by atoms with Crippen LogP contribution in [0.25, 0.3) is 0 Å². The average molecular weight is 247 g/mol. The first-order chi connectivity index (χ1) is 8.42. The lowest BCUT2D eigenvalue weighted by Gasteiger charge is -2.36. The molecule has 0 aliphatic heterocycles. The zero-order chi connectivity index (χ0) is 13.3. The Morgan fingerprint density at radius 1 is 1.33 bits per heavy atom. The van der Waals surface area contributed by atoms with E-state index in [-0.39, 0.29) is 16.9 Å². The van der Waals surface area contributed by atoms with Gasteiger partial charge in [0, 0.05) is 11.1 Å². The van der Waals surface area contributed by atoms with Crippen molar-refractivity contribution < 1.29 is 14.7 Å². The number of nitrogens with one attached hydrogen (secondary N) is 1. The molecule has 1 aliphatic carbocycles. The van der Waals surface area contributed by atoms with Crippen molar-refractivity contribution in [3.8, 4) is 0 Å². The van der Waals surface area contributed by atoms with Gasteiger partial charge in [-0.05, 0) is 37.5 Å². The molecule has 1 aromatic carbocycles. The fraction of sp³-hybridized carbons (Fsp3) is 0.429. The van der Waals surface area contributed by atoms with Crippen LogP contribution in [0.2, 0.25) is 0 Å². The Kier molecular flexibility index (Phi) is 3.11. The molecule has 18 heavy (non-hydrogen) atoms. The lowest BCUT2D eigenvalue weighted by atomic mass is 9.70. The van der Waals surface area contributed by atoms with Gasteiger partial charge < -0.3 is 10.4 Å². The molecule has 1 aliphatic rings. The topological polar surface area (TPSA) is 66.4 Å². The van der Waals surface area contributed by atoms with Crippen molar-refractivity contribution in [2.24, 2.45) is 5.41 Å². The summed E-state index contributed by atoms with van der Waals surface area (Å²) in [5.74, 6) is -1.00. The maximum absolute atomic E-state index is 12.1. The fourth-order valence-electron chi connectivity index (χ4n) is 2.10. The van der Waals surface area contributed by atoms with Gasteiger partial charge in [-0.2, -0.15) is 0 Å². The highest BCUT2D eigenvalue weighted by atomic mass is 16.4. The van der Waals surface area contributed by atoms with Crippen LogP contribution in [0.5, 0.6) is 0 Å². The molecule has 0 atom stereocenters. The van der Waals surface area contributed by atoms with E-state index in [1.165, 1.54) is 6.07 Å². The molecule has 0 heterocycles. The van der Waals surface area contributed by atoms with Gasteiger partial charge in [0.05, 0.1) is 5.56 Å². The zero-order valence-electron chi connectivity index (χ0n) is 10.6. The zero-order valence-corrected chi connectivity index (χ0v) is 10.6. The van der Waals surface area contributed by atoms with Crippen LogP contribution in [-0.4, -0.2) is 17.0 Å². The summed E-state index contributed by atoms with van der Waals surface area (Å²) >= 11 is 0. The molecule has 0 aromatic heterocycles. The van der Waals surface area contributed by atoms with Gasteiger partial charge in [0.25, 0.3) is 0 Å². The third kappa shape index (κ3) is 2.23. The minimum atomic E-state index is -0.986. The summed E-state index contributed by atoms with van der Waals surface area (Å²) in [6.45, 7) is 3.80. The van der Waals surface area contributed by atoms with Crippen LogP contribution in [0, 0.1) is 12.3 Å². The number of anilines is 1. The molecule has 0 unspecified atom stereocenters. The van der Waals surface area contributed by atoms with Gasteiger partial charge in [0.1, 0.15) is 0 Å². The molecule has 1 amide bonds. The van der Waals surface area contributed by atoms with Crippen LogP contribution in [-0.2, 0) is 4.79 Å². The van der Waals surface area contributed by atoms with Crippen molar-refractivity contribution in [3.63, 3.8) is 0 Å². The maximum atomic E-state index is 12.1. The van der Waals surface area contributed by atoms with Crippen molar-refractivity contribution in [3.05, 3.63) is 29.3 Å². The van der Waals surface area contributed by atoms with E-state index >= 15 is 0 Å². The highest BCUT2D eigenvalue weighted by Crippen LogP contribution is 2.41. The summed E-state index contributed by atoms with van der Waals surface area (Å²) in [6.07, 6.45) is 2.88. The molecule has 4 nitrogen and oxygen atoms in total. The summed E-state index contributed by atoms with van der Waals surface area (Å²) in [7, 11) is 0. The van der Waals surface area contributed by atoms with Crippen LogP contribution >= 0.6 is 0 Å². The van der Waals surface area contributed by atoms with Gasteiger partial charge in [-0.15, -0.1) is 0 Å². The summed E-state index contributed by atoms with van der Waals surface area (Å²) < 4.78 is 0. The highest BCUT2D eigenvalue weighted by molar-refractivity contribution is 5.97. The molecule has 1 saturated carbocycles. The first kappa shape index (κ1) is 12.6. The molecule has 0 radical (unpaired) electrons. The molecule has 0 saturated heterocycles. The largest absolute Gasteiger partial charge is 0.478 e. The van der Waals surface area contributed by atoms with E-state index in [1.54, 1.807) is 12.1 Å². The smallest absolute Gasteiger partial charge is 0.335 e. The molecular weight excluding hydrogens is 230 g/mol. The Bertz CT molecular complexity index is 504. The SMILES string of the molecule is Cc1ccc(C(=O)O)cc1NC(=O)C1(C)CCC1. The molecule has 2 rings (SSSR count). The van der Waals surface area contributed by atoms with Crippen molar-refractivity contribution in [2.75, 3.05) is 5.32 Å².